The molecule has 0 bridgehead atoms. The van der Waals surface area contributed by atoms with Crippen LogP contribution in [0.25, 0.3) is 0 Å². The Bertz CT molecular complexity index is 965. The summed E-state index contributed by atoms with van der Waals surface area (Å²) in [7, 11) is 0. The minimum atomic E-state index is -4.64. The van der Waals surface area contributed by atoms with Gasteiger partial charge in [-0.05, 0) is 59.1 Å². The van der Waals surface area contributed by atoms with E-state index in [2.05, 4.69) is 33.4 Å². The maximum Gasteiger partial charge on any atom is 0.417 e. The van der Waals surface area contributed by atoms with Gasteiger partial charge in [0.05, 0.1) is 35.0 Å². The fraction of sp³-hybridized carbons (Fsp3) is 0.440. The molecule has 9 heteroatoms. The number of hydrogen-bond donors (Lipinski definition) is 1. The summed E-state index contributed by atoms with van der Waals surface area (Å²) in [5.74, 6) is 0.140. The molecule has 186 valence electrons. The molecular weight excluding hydrogens is 513 g/mol. The first kappa shape index (κ1) is 27.7. The molecule has 0 aliphatic carbocycles. The van der Waals surface area contributed by atoms with E-state index in [1.54, 1.807) is 12.1 Å². The quantitative estimate of drug-likeness (QED) is 0.163. The molecule has 1 N–H and O–H groups in total. The molecular formula is C25H30BrF3N2O3. The van der Waals surface area contributed by atoms with E-state index in [4.69, 9.17) is 9.47 Å². The van der Waals surface area contributed by atoms with Gasteiger partial charge in [-0.25, -0.2) is 5.43 Å². The van der Waals surface area contributed by atoms with Crippen molar-refractivity contribution in [3.8, 4) is 11.5 Å². The van der Waals surface area contributed by atoms with Crippen LogP contribution in [0.2, 0.25) is 0 Å². The van der Waals surface area contributed by atoms with E-state index in [0.717, 1.165) is 25.0 Å². The maximum atomic E-state index is 13.1. The predicted octanol–water partition coefficient (Wildman–Crippen LogP) is 7.37. The van der Waals surface area contributed by atoms with E-state index in [1.807, 2.05) is 6.92 Å². The van der Waals surface area contributed by atoms with Gasteiger partial charge in [0.25, 0.3) is 5.91 Å². The Morgan fingerprint density at radius 3 is 2.47 bits per heavy atom. The van der Waals surface area contributed by atoms with E-state index < -0.39 is 23.2 Å². The lowest BCUT2D eigenvalue weighted by molar-refractivity contribution is -0.137. The van der Waals surface area contributed by atoms with Crippen molar-refractivity contribution in [1.29, 1.82) is 0 Å². The standard InChI is InChI=1S/C25H30BrF3N2O3/c1-3-5-6-7-8-11-14-34-23-21(26)15-18(16-22(23)33-4-2)17-30-31-24(32)19-12-9-10-13-20(19)25(27,28)29/h9-10,12-13,15-17H,3-8,11,14H2,1-2H3,(H,31,32)/b30-17+. The average molecular weight is 543 g/mol. The number of halogens is 4. The highest BCUT2D eigenvalue weighted by molar-refractivity contribution is 9.10. The molecule has 0 fully saturated rings. The highest BCUT2D eigenvalue weighted by Crippen LogP contribution is 2.37. The zero-order chi connectivity index (χ0) is 25.0. The first-order valence-electron chi connectivity index (χ1n) is 11.4. The zero-order valence-electron chi connectivity index (χ0n) is 19.4. The Balaban J connectivity index is 2.04. The Morgan fingerprint density at radius 2 is 1.76 bits per heavy atom. The summed E-state index contributed by atoms with van der Waals surface area (Å²) in [4.78, 5) is 12.2. The number of amides is 1. The SMILES string of the molecule is CCCCCCCCOc1c(Br)cc(/C=N/NC(=O)c2ccccc2C(F)(F)F)cc1OCC. The molecule has 0 saturated carbocycles. The molecule has 2 aromatic carbocycles. The topological polar surface area (TPSA) is 59.9 Å². The van der Waals surface area contributed by atoms with Crippen molar-refractivity contribution in [3.63, 3.8) is 0 Å². The Kier molecular flexibility index (Phi) is 11.4. The van der Waals surface area contributed by atoms with Crippen molar-refractivity contribution >= 4 is 28.1 Å². The molecule has 0 aliphatic heterocycles. The summed E-state index contributed by atoms with van der Waals surface area (Å²) in [6, 6.07) is 7.99. The van der Waals surface area contributed by atoms with Gasteiger partial charge in [-0.15, -0.1) is 0 Å². The number of hydrogen-bond acceptors (Lipinski definition) is 4. The number of alkyl halides is 3. The van der Waals surface area contributed by atoms with Crippen LogP contribution < -0.4 is 14.9 Å². The molecule has 1 amide bonds. The fourth-order valence-electron chi connectivity index (χ4n) is 3.28. The second-order valence-corrected chi connectivity index (χ2v) is 8.48. The van der Waals surface area contributed by atoms with Crippen LogP contribution in [-0.4, -0.2) is 25.3 Å². The van der Waals surface area contributed by atoms with Crippen molar-refractivity contribution in [2.45, 2.75) is 58.5 Å². The molecule has 2 aromatic rings. The Labute approximate surface area is 206 Å². The Hall–Kier alpha value is -2.55. The minimum absolute atomic E-state index is 0.422. The molecule has 0 aliphatic rings. The average Bonchev–Trinajstić information content (AvgIpc) is 2.79. The molecule has 0 spiro atoms. The summed E-state index contributed by atoms with van der Waals surface area (Å²) in [5, 5.41) is 3.81. The monoisotopic (exact) mass is 542 g/mol. The van der Waals surface area contributed by atoms with Crippen LogP contribution >= 0.6 is 15.9 Å². The second kappa shape index (κ2) is 14.0. The number of rotatable bonds is 13. The third-order valence-corrected chi connectivity index (χ3v) is 5.52. The van der Waals surface area contributed by atoms with Crippen LogP contribution in [-0.2, 0) is 6.18 Å². The van der Waals surface area contributed by atoms with Gasteiger partial charge in [0.1, 0.15) is 0 Å². The van der Waals surface area contributed by atoms with Crippen LogP contribution in [0.15, 0.2) is 46.0 Å². The van der Waals surface area contributed by atoms with Gasteiger partial charge >= 0.3 is 6.18 Å². The number of nitrogens with one attached hydrogen (secondary N) is 1. The van der Waals surface area contributed by atoms with E-state index in [0.29, 0.717) is 34.7 Å². The lowest BCUT2D eigenvalue weighted by Crippen LogP contribution is -2.22. The molecule has 0 heterocycles. The van der Waals surface area contributed by atoms with Gasteiger partial charge in [0.2, 0.25) is 0 Å². The van der Waals surface area contributed by atoms with Crippen LogP contribution in [0.4, 0.5) is 13.2 Å². The van der Waals surface area contributed by atoms with E-state index >= 15 is 0 Å². The number of hydrazone groups is 1. The number of benzene rings is 2. The van der Waals surface area contributed by atoms with Crippen molar-refractivity contribution in [2.75, 3.05) is 13.2 Å². The van der Waals surface area contributed by atoms with Crippen LogP contribution in [0.3, 0.4) is 0 Å². The van der Waals surface area contributed by atoms with Gasteiger partial charge in [0.15, 0.2) is 11.5 Å². The molecule has 0 aromatic heterocycles. The number of carbonyl (C=O) groups excluding carboxylic acids is 1. The van der Waals surface area contributed by atoms with Crippen LogP contribution in [0.1, 0.15) is 73.9 Å². The second-order valence-electron chi connectivity index (χ2n) is 7.62. The number of ether oxygens (including phenoxy) is 2. The highest BCUT2D eigenvalue weighted by Gasteiger charge is 2.34. The normalized spacial score (nSPS) is 11.6. The van der Waals surface area contributed by atoms with E-state index in [1.165, 1.54) is 44.0 Å². The summed E-state index contributed by atoms with van der Waals surface area (Å²) in [6.07, 6.45) is 3.61. The molecule has 34 heavy (non-hydrogen) atoms. The number of nitrogens with zero attached hydrogens (tertiary/aromatic N) is 1. The van der Waals surface area contributed by atoms with Crippen molar-refractivity contribution in [1.82, 2.24) is 5.43 Å². The minimum Gasteiger partial charge on any atom is -0.490 e. The number of carbonyl (C=O) groups is 1. The van der Waals surface area contributed by atoms with Gasteiger partial charge in [-0.2, -0.15) is 18.3 Å². The predicted molar refractivity (Wildman–Crippen MR) is 131 cm³/mol. The van der Waals surface area contributed by atoms with Crippen LogP contribution in [0.5, 0.6) is 11.5 Å². The summed E-state index contributed by atoms with van der Waals surface area (Å²) in [6.45, 7) is 5.02. The molecule has 2 rings (SSSR count). The largest absolute Gasteiger partial charge is 0.490 e. The van der Waals surface area contributed by atoms with Gasteiger partial charge in [-0.3, -0.25) is 4.79 Å². The highest BCUT2D eigenvalue weighted by atomic mass is 79.9. The first-order chi connectivity index (χ1) is 16.3. The third kappa shape index (κ3) is 8.66. The van der Waals surface area contributed by atoms with Gasteiger partial charge in [-0.1, -0.05) is 51.2 Å². The zero-order valence-corrected chi connectivity index (χ0v) is 21.0. The molecule has 5 nitrogen and oxygen atoms in total. The van der Waals surface area contributed by atoms with Gasteiger partial charge in [0, 0.05) is 0 Å². The van der Waals surface area contributed by atoms with Gasteiger partial charge < -0.3 is 9.47 Å². The lowest BCUT2D eigenvalue weighted by atomic mass is 10.1. The first-order valence-corrected chi connectivity index (χ1v) is 12.2. The van der Waals surface area contributed by atoms with E-state index in [9.17, 15) is 18.0 Å². The summed E-state index contributed by atoms with van der Waals surface area (Å²) in [5.41, 5.74) is 1.21. The number of unbranched alkanes of at least 4 members (excludes halogenated alkanes) is 5. The summed E-state index contributed by atoms with van der Waals surface area (Å²) < 4.78 is 51.7. The molecule has 0 atom stereocenters. The van der Waals surface area contributed by atoms with E-state index in [-0.39, 0.29) is 0 Å². The Morgan fingerprint density at radius 1 is 1.06 bits per heavy atom. The summed E-state index contributed by atoms with van der Waals surface area (Å²) >= 11 is 3.48. The van der Waals surface area contributed by atoms with Crippen molar-refractivity contribution < 1.29 is 27.4 Å². The van der Waals surface area contributed by atoms with Crippen molar-refractivity contribution in [2.24, 2.45) is 5.10 Å². The van der Waals surface area contributed by atoms with Crippen LogP contribution in [0, 0.1) is 0 Å². The molecule has 0 saturated heterocycles. The maximum absolute atomic E-state index is 13.1. The molecule has 0 unspecified atom stereocenters. The third-order valence-electron chi connectivity index (χ3n) is 4.93. The van der Waals surface area contributed by atoms with Crippen molar-refractivity contribution in [3.05, 3.63) is 57.6 Å². The lowest BCUT2D eigenvalue weighted by Gasteiger charge is -2.14. The molecule has 0 radical (unpaired) electrons. The fourth-order valence-corrected chi connectivity index (χ4v) is 3.85. The smallest absolute Gasteiger partial charge is 0.417 e.